The molecule has 1 heterocycles. The van der Waals surface area contributed by atoms with Gasteiger partial charge in [-0.1, -0.05) is 25.0 Å². The van der Waals surface area contributed by atoms with Crippen LogP contribution in [0.1, 0.15) is 29.8 Å². The Labute approximate surface area is 153 Å². The van der Waals surface area contributed by atoms with Crippen molar-refractivity contribution in [3.8, 4) is 18.1 Å². The van der Waals surface area contributed by atoms with E-state index in [9.17, 15) is 4.79 Å². The van der Waals surface area contributed by atoms with Gasteiger partial charge in [0.05, 0.1) is 25.4 Å². The molecule has 2 rings (SSSR count). The summed E-state index contributed by atoms with van der Waals surface area (Å²) < 4.78 is 11.3. The molecular formula is C20H24N2O4. The fraction of sp³-hybridized carbons (Fsp3) is 0.400. The molecule has 1 aromatic heterocycles. The first-order chi connectivity index (χ1) is 12.5. The van der Waals surface area contributed by atoms with E-state index in [1.165, 1.54) is 0 Å². The molecule has 0 saturated heterocycles. The number of nitrogens with zero attached hydrogens (tertiary/aromatic N) is 2. The molecule has 0 atom stereocenters. The predicted octanol–water partition coefficient (Wildman–Crippen LogP) is 2.69. The van der Waals surface area contributed by atoms with Gasteiger partial charge in [0.1, 0.15) is 11.5 Å². The first kappa shape index (κ1) is 19.5. The summed E-state index contributed by atoms with van der Waals surface area (Å²) in [6, 6.07) is 7.57. The molecule has 0 amide bonds. The van der Waals surface area contributed by atoms with Crippen LogP contribution in [-0.4, -0.2) is 40.7 Å². The number of benzene rings is 1. The van der Waals surface area contributed by atoms with Crippen molar-refractivity contribution in [2.45, 2.75) is 33.2 Å². The maximum absolute atomic E-state index is 10.9. The van der Waals surface area contributed by atoms with Crippen LogP contribution in [-0.2, 0) is 24.2 Å². The zero-order chi connectivity index (χ0) is 18.9. The zero-order valence-electron chi connectivity index (χ0n) is 15.2. The Balaban J connectivity index is 1.85. The van der Waals surface area contributed by atoms with Crippen molar-refractivity contribution in [1.29, 1.82) is 0 Å². The molecule has 0 unspecified atom stereocenters. The van der Waals surface area contributed by atoms with Crippen LogP contribution in [0, 0.1) is 19.3 Å². The smallest absolute Gasteiger partial charge is 0.317 e. The van der Waals surface area contributed by atoms with Gasteiger partial charge in [0.2, 0.25) is 0 Å². The van der Waals surface area contributed by atoms with Gasteiger partial charge < -0.3 is 14.3 Å². The molecule has 6 nitrogen and oxygen atoms in total. The minimum atomic E-state index is -0.894. The fourth-order valence-corrected chi connectivity index (χ4v) is 2.57. The number of rotatable bonds is 10. The van der Waals surface area contributed by atoms with Crippen LogP contribution in [0.15, 0.2) is 28.7 Å². The van der Waals surface area contributed by atoms with Gasteiger partial charge in [0, 0.05) is 19.4 Å². The Hall–Kier alpha value is -2.78. The molecule has 0 aliphatic rings. The zero-order valence-corrected chi connectivity index (χ0v) is 15.2. The van der Waals surface area contributed by atoms with Crippen LogP contribution < -0.4 is 4.74 Å². The number of ether oxygens (including phenoxy) is 1. The van der Waals surface area contributed by atoms with Crippen molar-refractivity contribution in [1.82, 2.24) is 9.88 Å². The molecule has 0 radical (unpaired) electrons. The van der Waals surface area contributed by atoms with Crippen LogP contribution in [0.2, 0.25) is 0 Å². The Morgan fingerprint density at radius 3 is 2.69 bits per heavy atom. The average Bonchev–Trinajstić information content (AvgIpc) is 2.96. The van der Waals surface area contributed by atoms with Crippen molar-refractivity contribution < 1.29 is 19.1 Å². The lowest BCUT2D eigenvalue weighted by Gasteiger charge is -2.17. The lowest BCUT2D eigenvalue weighted by Crippen LogP contribution is -2.29. The first-order valence-corrected chi connectivity index (χ1v) is 8.56. The lowest BCUT2D eigenvalue weighted by molar-refractivity contribution is -0.138. The van der Waals surface area contributed by atoms with E-state index in [4.69, 9.17) is 20.7 Å². The molecule has 6 heteroatoms. The summed E-state index contributed by atoms with van der Waals surface area (Å²) in [5.74, 6) is 3.94. The van der Waals surface area contributed by atoms with E-state index in [1.54, 1.807) is 4.90 Å². The standard InChI is InChI=1S/C20H24N2O4/c1-4-11-22(14-20(23)24)13-16-6-8-17(9-7-16)25-12-10-18-15(3)26-19(5-2)21-18/h1,6-9H,5,10-14H2,2-3H3,(H,23,24). The first-order valence-electron chi connectivity index (χ1n) is 8.56. The van der Waals surface area contributed by atoms with Crippen molar-refractivity contribution >= 4 is 5.97 Å². The number of oxazole rings is 1. The molecule has 2 aromatic rings. The van der Waals surface area contributed by atoms with Gasteiger partial charge >= 0.3 is 5.97 Å². The van der Waals surface area contributed by atoms with Crippen molar-refractivity contribution in [2.24, 2.45) is 0 Å². The third-order valence-electron chi connectivity index (χ3n) is 3.85. The maximum Gasteiger partial charge on any atom is 0.317 e. The summed E-state index contributed by atoms with van der Waals surface area (Å²) in [6.45, 7) is 5.12. The van der Waals surface area contributed by atoms with E-state index >= 15 is 0 Å². The Bertz CT molecular complexity index is 759. The maximum atomic E-state index is 10.9. The number of hydrogen-bond acceptors (Lipinski definition) is 5. The van der Waals surface area contributed by atoms with Gasteiger partial charge in [0.15, 0.2) is 5.89 Å². The number of carboxylic acid groups (broad SMARTS) is 1. The molecule has 0 saturated carbocycles. The Kier molecular flexibility index (Phi) is 7.24. The molecule has 0 spiro atoms. The van der Waals surface area contributed by atoms with Gasteiger partial charge in [-0.05, 0) is 24.6 Å². The average molecular weight is 356 g/mol. The summed E-state index contributed by atoms with van der Waals surface area (Å²) in [7, 11) is 0. The normalized spacial score (nSPS) is 10.7. The molecule has 1 aromatic carbocycles. The third kappa shape index (κ3) is 5.94. The van der Waals surface area contributed by atoms with Gasteiger partial charge in [0.25, 0.3) is 0 Å². The van der Waals surface area contributed by atoms with Crippen LogP contribution >= 0.6 is 0 Å². The molecule has 1 N–H and O–H groups in total. The van der Waals surface area contributed by atoms with E-state index in [-0.39, 0.29) is 6.54 Å². The number of terminal acetylenes is 1. The molecule has 138 valence electrons. The van der Waals surface area contributed by atoms with E-state index < -0.39 is 5.97 Å². The van der Waals surface area contributed by atoms with Gasteiger partial charge in [-0.3, -0.25) is 9.69 Å². The van der Waals surface area contributed by atoms with Crippen molar-refractivity contribution in [2.75, 3.05) is 19.7 Å². The lowest BCUT2D eigenvalue weighted by atomic mass is 10.2. The summed E-state index contributed by atoms with van der Waals surface area (Å²) in [5, 5.41) is 8.92. The van der Waals surface area contributed by atoms with E-state index in [0.29, 0.717) is 26.1 Å². The number of aliphatic carboxylic acids is 1. The summed E-state index contributed by atoms with van der Waals surface area (Å²) >= 11 is 0. The number of hydrogen-bond donors (Lipinski definition) is 1. The van der Waals surface area contributed by atoms with E-state index in [0.717, 1.165) is 35.1 Å². The predicted molar refractivity (Wildman–Crippen MR) is 98.0 cm³/mol. The molecule has 26 heavy (non-hydrogen) atoms. The highest BCUT2D eigenvalue weighted by Crippen LogP contribution is 2.15. The highest BCUT2D eigenvalue weighted by Gasteiger charge is 2.10. The Morgan fingerprint density at radius 1 is 1.38 bits per heavy atom. The number of carboxylic acids is 1. The largest absolute Gasteiger partial charge is 0.493 e. The van der Waals surface area contributed by atoms with Crippen LogP contribution in [0.3, 0.4) is 0 Å². The second kappa shape index (κ2) is 9.64. The third-order valence-corrected chi connectivity index (χ3v) is 3.85. The number of carbonyl (C=O) groups is 1. The number of aromatic nitrogens is 1. The molecular weight excluding hydrogens is 332 g/mol. The highest BCUT2D eigenvalue weighted by atomic mass is 16.5. The quantitative estimate of drug-likeness (QED) is 0.660. The van der Waals surface area contributed by atoms with Crippen molar-refractivity contribution in [3.63, 3.8) is 0 Å². The molecule has 0 bridgehead atoms. The fourth-order valence-electron chi connectivity index (χ4n) is 2.57. The number of aryl methyl sites for hydroxylation is 2. The van der Waals surface area contributed by atoms with Crippen LogP contribution in [0.25, 0.3) is 0 Å². The van der Waals surface area contributed by atoms with Gasteiger partial charge in [-0.25, -0.2) is 4.98 Å². The van der Waals surface area contributed by atoms with E-state index in [2.05, 4.69) is 10.9 Å². The second-order valence-electron chi connectivity index (χ2n) is 5.95. The highest BCUT2D eigenvalue weighted by molar-refractivity contribution is 5.69. The van der Waals surface area contributed by atoms with Gasteiger partial charge in [-0.15, -0.1) is 6.42 Å². The topological polar surface area (TPSA) is 75.8 Å². The molecule has 0 aliphatic heterocycles. The summed E-state index contributed by atoms with van der Waals surface area (Å²) in [4.78, 5) is 17.0. The monoisotopic (exact) mass is 356 g/mol. The van der Waals surface area contributed by atoms with Crippen LogP contribution in [0.4, 0.5) is 0 Å². The SMILES string of the molecule is C#CCN(CC(=O)O)Cc1ccc(OCCc2nc(CC)oc2C)cc1. The second-order valence-corrected chi connectivity index (χ2v) is 5.95. The van der Waals surface area contributed by atoms with E-state index in [1.807, 2.05) is 38.1 Å². The Morgan fingerprint density at radius 2 is 2.12 bits per heavy atom. The molecule has 0 aliphatic carbocycles. The molecule has 0 fully saturated rings. The van der Waals surface area contributed by atoms with Crippen LogP contribution in [0.5, 0.6) is 5.75 Å². The minimum Gasteiger partial charge on any atom is -0.493 e. The summed E-state index contributed by atoms with van der Waals surface area (Å²) in [5.41, 5.74) is 1.91. The van der Waals surface area contributed by atoms with Crippen molar-refractivity contribution in [3.05, 3.63) is 47.2 Å². The minimum absolute atomic E-state index is 0.0841. The summed E-state index contributed by atoms with van der Waals surface area (Å²) in [6.07, 6.45) is 6.76. The van der Waals surface area contributed by atoms with Gasteiger partial charge in [-0.2, -0.15) is 0 Å².